The van der Waals surface area contributed by atoms with Gasteiger partial charge in [0.25, 0.3) is 5.91 Å². The highest BCUT2D eigenvalue weighted by atomic mass is 35.5. The van der Waals surface area contributed by atoms with Gasteiger partial charge in [0.1, 0.15) is 12.1 Å². The predicted octanol–water partition coefficient (Wildman–Crippen LogP) is 4.62. The van der Waals surface area contributed by atoms with E-state index in [9.17, 15) is 14.4 Å². The molecular formula is C27H35ClN4O3. The van der Waals surface area contributed by atoms with Crippen LogP contribution in [0.15, 0.2) is 48.5 Å². The van der Waals surface area contributed by atoms with Crippen molar-refractivity contribution in [3.8, 4) is 0 Å². The van der Waals surface area contributed by atoms with E-state index < -0.39 is 23.9 Å². The minimum absolute atomic E-state index is 0.191. The van der Waals surface area contributed by atoms with E-state index in [1.165, 1.54) is 12.8 Å². The van der Waals surface area contributed by atoms with Crippen molar-refractivity contribution in [2.24, 2.45) is 5.92 Å². The van der Waals surface area contributed by atoms with E-state index in [1.54, 1.807) is 24.3 Å². The van der Waals surface area contributed by atoms with Crippen molar-refractivity contribution >= 4 is 40.7 Å². The van der Waals surface area contributed by atoms with Gasteiger partial charge in [-0.2, -0.15) is 0 Å². The van der Waals surface area contributed by atoms with Crippen molar-refractivity contribution < 1.29 is 14.4 Å². The van der Waals surface area contributed by atoms with Crippen LogP contribution >= 0.6 is 11.6 Å². The van der Waals surface area contributed by atoms with Gasteiger partial charge in [0.2, 0.25) is 11.8 Å². The molecule has 3 N–H and O–H groups in total. The molecule has 1 aliphatic heterocycles. The van der Waals surface area contributed by atoms with Crippen LogP contribution in [0.4, 0.5) is 11.4 Å². The van der Waals surface area contributed by atoms with Crippen LogP contribution in [-0.2, 0) is 9.59 Å². The summed E-state index contributed by atoms with van der Waals surface area (Å²) in [6, 6.07) is 12.9. The smallest absolute Gasteiger partial charge is 0.253 e. The molecule has 0 radical (unpaired) electrons. The Morgan fingerprint density at radius 2 is 1.69 bits per heavy atom. The Morgan fingerprint density at radius 3 is 2.34 bits per heavy atom. The summed E-state index contributed by atoms with van der Waals surface area (Å²) in [7, 11) is 0. The van der Waals surface area contributed by atoms with Gasteiger partial charge in [-0.3, -0.25) is 14.4 Å². The first-order valence-electron chi connectivity index (χ1n) is 12.3. The van der Waals surface area contributed by atoms with Gasteiger partial charge in [-0.05, 0) is 55.5 Å². The molecule has 0 aromatic heterocycles. The number of rotatable bonds is 10. The molecule has 1 heterocycles. The average Bonchev–Trinajstić information content (AvgIpc) is 3.37. The zero-order valence-electron chi connectivity index (χ0n) is 20.6. The molecule has 2 unspecified atom stereocenters. The third-order valence-corrected chi connectivity index (χ3v) is 6.48. The molecule has 2 aromatic carbocycles. The SMILES string of the molecule is CCCC(NC(=O)C(NC(=O)c1ccccc1Cl)C(C)C)C(=O)Nc1cccc(N2CCCC2)c1. The summed E-state index contributed by atoms with van der Waals surface area (Å²) in [5.41, 5.74) is 2.08. The van der Waals surface area contributed by atoms with Crippen molar-refractivity contribution in [2.75, 3.05) is 23.3 Å². The van der Waals surface area contributed by atoms with Gasteiger partial charge in [-0.25, -0.2) is 0 Å². The highest BCUT2D eigenvalue weighted by molar-refractivity contribution is 6.33. The molecule has 3 amide bonds. The topological polar surface area (TPSA) is 90.5 Å². The first kappa shape index (κ1) is 26.5. The number of anilines is 2. The summed E-state index contributed by atoms with van der Waals surface area (Å²) in [5, 5.41) is 8.89. The molecule has 0 saturated carbocycles. The number of carbonyl (C=O) groups is 3. The zero-order valence-corrected chi connectivity index (χ0v) is 21.4. The first-order valence-corrected chi connectivity index (χ1v) is 12.7. The highest BCUT2D eigenvalue weighted by Gasteiger charge is 2.29. The Kier molecular flexibility index (Phi) is 9.55. The monoisotopic (exact) mass is 498 g/mol. The number of hydrogen-bond acceptors (Lipinski definition) is 4. The zero-order chi connectivity index (χ0) is 25.4. The Bertz CT molecular complexity index is 1040. The maximum absolute atomic E-state index is 13.2. The fourth-order valence-corrected chi connectivity index (χ4v) is 4.42. The number of nitrogens with zero attached hydrogens (tertiary/aromatic N) is 1. The molecule has 0 spiro atoms. The van der Waals surface area contributed by atoms with E-state index in [0.29, 0.717) is 29.1 Å². The van der Waals surface area contributed by atoms with Gasteiger partial charge >= 0.3 is 0 Å². The number of halogens is 1. The normalized spacial score (nSPS) is 14.9. The van der Waals surface area contributed by atoms with Crippen LogP contribution in [0, 0.1) is 5.92 Å². The Morgan fingerprint density at radius 1 is 0.971 bits per heavy atom. The van der Waals surface area contributed by atoms with E-state index in [4.69, 9.17) is 11.6 Å². The summed E-state index contributed by atoms with van der Waals surface area (Å²) in [5.74, 6) is -1.30. The Balaban J connectivity index is 1.67. The Labute approximate surface area is 212 Å². The van der Waals surface area contributed by atoms with Gasteiger partial charge in [-0.15, -0.1) is 0 Å². The summed E-state index contributed by atoms with van der Waals surface area (Å²) in [6.45, 7) is 7.68. The van der Waals surface area contributed by atoms with Crippen LogP contribution in [0.5, 0.6) is 0 Å². The number of benzene rings is 2. The number of amides is 3. The van der Waals surface area contributed by atoms with Crippen molar-refractivity contribution in [2.45, 2.75) is 58.5 Å². The van der Waals surface area contributed by atoms with E-state index >= 15 is 0 Å². The van der Waals surface area contributed by atoms with Gasteiger partial charge < -0.3 is 20.9 Å². The maximum Gasteiger partial charge on any atom is 0.253 e. The van der Waals surface area contributed by atoms with Crippen LogP contribution in [0.1, 0.15) is 56.8 Å². The van der Waals surface area contributed by atoms with E-state index in [-0.39, 0.29) is 11.8 Å². The molecular weight excluding hydrogens is 464 g/mol. The molecule has 1 saturated heterocycles. The van der Waals surface area contributed by atoms with Crippen molar-refractivity contribution in [1.82, 2.24) is 10.6 Å². The second-order valence-electron chi connectivity index (χ2n) is 9.26. The Hall–Kier alpha value is -3.06. The lowest BCUT2D eigenvalue weighted by Crippen LogP contribution is -2.54. The summed E-state index contributed by atoms with van der Waals surface area (Å²) >= 11 is 6.14. The van der Waals surface area contributed by atoms with Gasteiger partial charge in [-0.1, -0.05) is 57.0 Å². The summed E-state index contributed by atoms with van der Waals surface area (Å²) in [6.07, 6.45) is 3.54. The van der Waals surface area contributed by atoms with Crippen molar-refractivity contribution in [3.63, 3.8) is 0 Å². The van der Waals surface area contributed by atoms with Crippen molar-refractivity contribution in [1.29, 1.82) is 0 Å². The molecule has 188 valence electrons. The minimum Gasteiger partial charge on any atom is -0.371 e. The molecule has 3 rings (SSSR count). The average molecular weight is 499 g/mol. The van der Waals surface area contributed by atoms with E-state index in [2.05, 4.69) is 20.9 Å². The van der Waals surface area contributed by atoms with Crippen LogP contribution < -0.4 is 20.9 Å². The number of nitrogens with one attached hydrogen (secondary N) is 3. The minimum atomic E-state index is -0.815. The van der Waals surface area contributed by atoms with Crippen LogP contribution in [0.3, 0.4) is 0 Å². The fraction of sp³-hybridized carbons (Fsp3) is 0.444. The molecule has 1 fully saturated rings. The fourth-order valence-electron chi connectivity index (χ4n) is 4.20. The highest BCUT2D eigenvalue weighted by Crippen LogP contribution is 2.23. The second kappa shape index (κ2) is 12.6. The van der Waals surface area contributed by atoms with E-state index in [0.717, 1.165) is 18.8 Å². The molecule has 2 atom stereocenters. The number of hydrogen-bond donors (Lipinski definition) is 3. The van der Waals surface area contributed by atoms with Crippen LogP contribution in [0.25, 0.3) is 0 Å². The molecule has 2 aromatic rings. The standard InChI is InChI=1S/C27H35ClN4O3/c1-4-10-23(26(34)29-19-11-9-12-20(17-19)32-15-7-8-16-32)30-27(35)24(18(2)3)31-25(33)21-13-5-6-14-22(21)28/h5-6,9,11-14,17-18,23-24H,4,7-8,10,15-16H2,1-3H3,(H,29,34)(H,30,35)(H,31,33). The lowest BCUT2D eigenvalue weighted by molar-refractivity contribution is -0.128. The van der Waals surface area contributed by atoms with Crippen molar-refractivity contribution in [3.05, 3.63) is 59.1 Å². The largest absolute Gasteiger partial charge is 0.371 e. The molecule has 8 heteroatoms. The van der Waals surface area contributed by atoms with Gasteiger partial charge in [0, 0.05) is 24.5 Å². The first-order chi connectivity index (χ1) is 16.8. The summed E-state index contributed by atoms with van der Waals surface area (Å²) < 4.78 is 0. The van der Waals surface area contributed by atoms with Crippen LogP contribution in [0.2, 0.25) is 5.02 Å². The van der Waals surface area contributed by atoms with E-state index in [1.807, 2.05) is 45.0 Å². The molecule has 7 nitrogen and oxygen atoms in total. The quantitative estimate of drug-likeness (QED) is 0.446. The molecule has 35 heavy (non-hydrogen) atoms. The number of carbonyl (C=O) groups excluding carboxylic acids is 3. The predicted molar refractivity (Wildman–Crippen MR) is 141 cm³/mol. The third kappa shape index (κ3) is 7.21. The van der Waals surface area contributed by atoms with Crippen LogP contribution in [-0.4, -0.2) is 42.9 Å². The molecule has 1 aliphatic rings. The lowest BCUT2D eigenvalue weighted by Gasteiger charge is -2.25. The summed E-state index contributed by atoms with van der Waals surface area (Å²) in [4.78, 5) is 41.3. The van der Waals surface area contributed by atoms with Gasteiger partial charge in [0.05, 0.1) is 10.6 Å². The molecule has 0 bridgehead atoms. The third-order valence-electron chi connectivity index (χ3n) is 6.15. The lowest BCUT2D eigenvalue weighted by atomic mass is 10.0. The maximum atomic E-state index is 13.2. The second-order valence-corrected chi connectivity index (χ2v) is 9.67. The van der Waals surface area contributed by atoms with Gasteiger partial charge in [0.15, 0.2) is 0 Å². The molecule has 0 aliphatic carbocycles.